The Labute approximate surface area is 126 Å². The monoisotopic (exact) mass is 284 g/mol. The predicted molar refractivity (Wildman–Crippen MR) is 83.1 cm³/mol. The molecule has 0 radical (unpaired) electrons. The molecule has 1 amide bonds. The second-order valence-corrected chi connectivity index (χ2v) is 6.99. The Kier molecular flexibility index (Phi) is 3.26. The molecule has 2 atom stereocenters. The zero-order chi connectivity index (χ0) is 14.3. The van der Waals surface area contributed by atoms with Gasteiger partial charge in [0, 0.05) is 12.6 Å². The summed E-state index contributed by atoms with van der Waals surface area (Å²) in [7, 11) is 0. The highest BCUT2D eigenvalue weighted by atomic mass is 16.2. The molecule has 2 heterocycles. The predicted octanol–water partition coefficient (Wildman–Crippen LogP) is 2.32. The summed E-state index contributed by atoms with van der Waals surface area (Å²) in [5, 5.41) is 3.42. The first-order valence-electron chi connectivity index (χ1n) is 8.37. The van der Waals surface area contributed by atoms with Crippen molar-refractivity contribution in [2.75, 3.05) is 19.6 Å². The number of likely N-dealkylation sites (tertiary alicyclic amines) is 1. The molecule has 4 rings (SSSR count). The second kappa shape index (κ2) is 5.13. The van der Waals surface area contributed by atoms with E-state index in [1.807, 2.05) is 6.07 Å². The van der Waals surface area contributed by atoms with Gasteiger partial charge in [0.05, 0.1) is 5.41 Å². The van der Waals surface area contributed by atoms with Crippen molar-refractivity contribution in [2.24, 2.45) is 5.92 Å². The van der Waals surface area contributed by atoms with E-state index in [0.29, 0.717) is 11.9 Å². The molecule has 1 aromatic rings. The third-order valence-electron chi connectivity index (χ3n) is 5.86. The number of benzene rings is 1. The summed E-state index contributed by atoms with van der Waals surface area (Å²) in [5.41, 5.74) is 0.941. The Morgan fingerprint density at radius 3 is 2.52 bits per heavy atom. The van der Waals surface area contributed by atoms with Gasteiger partial charge in [0.2, 0.25) is 5.91 Å². The minimum absolute atomic E-state index is 0.281. The number of fused-ring (bicyclic) bond motifs is 2. The lowest BCUT2D eigenvalue weighted by molar-refractivity contribution is -0.140. The molecule has 1 saturated carbocycles. The maximum atomic E-state index is 13.4. The van der Waals surface area contributed by atoms with Gasteiger partial charge in [-0.25, -0.2) is 0 Å². The Morgan fingerprint density at radius 1 is 1.14 bits per heavy atom. The number of nitrogens with zero attached hydrogens (tertiary/aromatic N) is 1. The van der Waals surface area contributed by atoms with Gasteiger partial charge < -0.3 is 10.2 Å². The van der Waals surface area contributed by atoms with Crippen LogP contribution in [-0.4, -0.2) is 36.5 Å². The molecule has 3 fully saturated rings. The molecular formula is C18H24N2O. The van der Waals surface area contributed by atoms with Crippen molar-refractivity contribution in [1.29, 1.82) is 0 Å². The van der Waals surface area contributed by atoms with E-state index in [1.54, 1.807) is 0 Å². The fourth-order valence-corrected chi connectivity index (χ4v) is 4.69. The largest absolute Gasteiger partial charge is 0.339 e. The van der Waals surface area contributed by atoms with Crippen LogP contribution in [0.15, 0.2) is 30.3 Å². The summed E-state index contributed by atoms with van der Waals surface area (Å²) in [6, 6.07) is 11.0. The van der Waals surface area contributed by atoms with Gasteiger partial charge in [-0.1, -0.05) is 30.3 Å². The van der Waals surface area contributed by atoms with Crippen molar-refractivity contribution in [3.8, 4) is 0 Å². The van der Waals surface area contributed by atoms with Gasteiger partial charge in [-0.15, -0.1) is 0 Å². The topological polar surface area (TPSA) is 32.3 Å². The molecule has 3 aliphatic rings. The van der Waals surface area contributed by atoms with Crippen molar-refractivity contribution >= 4 is 5.91 Å². The molecule has 2 saturated heterocycles. The van der Waals surface area contributed by atoms with Crippen molar-refractivity contribution < 1.29 is 4.79 Å². The Morgan fingerprint density at radius 2 is 1.90 bits per heavy atom. The Bertz CT molecular complexity index is 521. The minimum Gasteiger partial charge on any atom is -0.339 e. The normalized spacial score (nSPS) is 30.6. The second-order valence-electron chi connectivity index (χ2n) is 6.99. The van der Waals surface area contributed by atoms with Crippen LogP contribution in [0.1, 0.15) is 37.7 Å². The number of carbonyl (C=O) groups excluding carboxylic acids is 1. The van der Waals surface area contributed by atoms with E-state index in [0.717, 1.165) is 38.4 Å². The van der Waals surface area contributed by atoms with E-state index in [9.17, 15) is 4.79 Å². The first-order valence-corrected chi connectivity index (χ1v) is 8.37. The van der Waals surface area contributed by atoms with Crippen molar-refractivity contribution in [3.63, 3.8) is 0 Å². The van der Waals surface area contributed by atoms with Crippen molar-refractivity contribution in [1.82, 2.24) is 10.2 Å². The summed E-state index contributed by atoms with van der Waals surface area (Å²) in [6.45, 7) is 2.90. The number of piperidine rings is 2. The van der Waals surface area contributed by atoms with Crippen molar-refractivity contribution in [3.05, 3.63) is 35.9 Å². The molecule has 3 nitrogen and oxygen atoms in total. The van der Waals surface area contributed by atoms with Crippen LogP contribution < -0.4 is 5.32 Å². The van der Waals surface area contributed by atoms with E-state index >= 15 is 0 Å². The SMILES string of the molecule is O=C(N1CC2CCC1C2)C1(c2ccccc2)CCNCC1. The molecule has 0 aromatic heterocycles. The molecule has 0 spiro atoms. The average Bonchev–Trinajstić information content (AvgIpc) is 3.19. The molecule has 1 aliphatic carbocycles. The third-order valence-corrected chi connectivity index (χ3v) is 5.86. The molecule has 2 aliphatic heterocycles. The van der Waals surface area contributed by atoms with E-state index in [-0.39, 0.29) is 5.41 Å². The van der Waals surface area contributed by atoms with Gasteiger partial charge in [-0.05, 0) is 56.7 Å². The van der Waals surface area contributed by atoms with Gasteiger partial charge in [0.15, 0.2) is 0 Å². The minimum atomic E-state index is -0.281. The highest BCUT2D eigenvalue weighted by Crippen LogP contribution is 2.42. The summed E-state index contributed by atoms with van der Waals surface area (Å²) >= 11 is 0. The lowest BCUT2D eigenvalue weighted by atomic mass is 9.71. The van der Waals surface area contributed by atoms with E-state index in [2.05, 4.69) is 34.5 Å². The van der Waals surface area contributed by atoms with Gasteiger partial charge >= 0.3 is 0 Å². The fraction of sp³-hybridized carbons (Fsp3) is 0.611. The van der Waals surface area contributed by atoms with E-state index < -0.39 is 0 Å². The smallest absolute Gasteiger partial charge is 0.233 e. The lowest BCUT2D eigenvalue weighted by Crippen LogP contribution is -2.54. The summed E-state index contributed by atoms with van der Waals surface area (Å²) in [4.78, 5) is 15.6. The summed E-state index contributed by atoms with van der Waals surface area (Å²) < 4.78 is 0. The van der Waals surface area contributed by atoms with Gasteiger partial charge in [0.25, 0.3) is 0 Å². The Balaban J connectivity index is 1.68. The zero-order valence-corrected chi connectivity index (χ0v) is 12.6. The van der Waals surface area contributed by atoms with Crippen molar-refractivity contribution in [2.45, 2.75) is 43.6 Å². The molecule has 1 aromatic carbocycles. The fourth-order valence-electron chi connectivity index (χ4n) is 4.69. The molecule has 2 unspecified atom stereocenters. The Hall–Kier alpha value is -1.35. The highest BCUT2D eigenvalue weighted by molar-refractivity contribution is 5.89. The zero-order valence-electron chi connectivity index (χ0n) is 12.6. The lowest BCUT2D eigenvalue weighted by Gasteiger charge is -2.42. The molecule has 112 valence electrons. The third kappa shape index (κ3) is 2.10. The maximum Gasteiger partial charge on any atom is 0.233 e. The van der Waals surface area contributed by atoms with E-state index in [1.165, 1.54) is 24.8 Å². The number of hydrogen-bond donors (Lipinski definition) is 1. The molecule has 2 bridgehead atoms. The number of hydrogen-bond acceptors (Lipinski definition) is 2. The molecular weight excluding hydrogens is 260 g/mol. The van der Waals surface area contributed by atoms with E-state index in [4.69, 9.17) is 0 Å². The van der Waals surface area contributed by atoms with Crippen LogP contribution in [0.2, 0.25) is 0 Å². The maximum absolute atomic E-state index is 13.4. The van der Waals surface area contributed by atoms with Gasteiger partial charge in [0.1, 0.15) is 0 Å². The van der Waals surface area contributed by atoms with Crippen LogP contribution in [-0.2, 0) is 10.2 Å². The van der Waals surface area contributed by atoms with Gasteiger partial charge in [-0.3, -0.25) is 4.79 Å². The van der Waals surface area contributed by atoms with Gasteiger partial charge in [-0.2, -0.15) is 0 Å². The van der Waals surface area contributed by atoms with Crippen LogP contribution in [0.5, 0.6) is 0 Å². The number of rotatable bonds is 2. The average molecular weight is 284 g/mol. The molecule has 3 heteroatoms. The number of amides is 1. The van der Waals surface area contributed by atoms with Crippen LogP contribution in [0.25, 0.3) is 0 Å². The summed E-state index contributed by atoms with van der Waals surface area (Å²) in [5.74, 6) is 1.18. The standard InChI is InChI=1S/C18H24N2O/c21-17(20-13-14-6-7-16(20)12-14)18(8-10-19-11-9-18)15-4-2-1-3-5-15/h1-5,14,16,19H,6-13H2. The highest BCUT2D eigenvalue weighted by Gasteiger charge is 2.49. The first kappa shape index (κ1) is 13.3. The van der Waals surface area contributed by atoms with Crippen LogP contribution in [0.3, 0.4) is 0 Å². The summed E-state index contributed by atoms with van der Waals surface area (Å²) in [6.07, 6.45) is 5.66. The number of nitrogens with one attached hydrogen (secondary N) is 1. The molecule has 21 heavy (non-hydrogen) atoms. The quantitative estimate of drug-likeness (QED) is 0.904. The van der Waals surface area contributed by atoms with Crippen LogP contribution in [0.4, 0.5) is 0 Å². The van der Waals surface area contributed by atoms with Crippen LogP contribution >= 0.6 is 0 Å². The molecule has 1 N–H and O–H groups in total. The number of carbonyl (C=O) groups is 1. The van der Waals surface area contributed by atoms with Crippen LogP contribution in [0, 0.1) is 5.92 Å². The first-order chi connectivity index (χ1) is 10.3.